The molecule has 9 heteroatoms. The molecule has 0 amide bonds. The van der Waals surface area contributed by atoms with Crippen LogP contribution in [0.1, 0.15) is 36.1 Å². The van der Waals surface area contributed by atoms with Crippen LogP contribution in [-0.2, 0) is 10.0 Å². The highest BCUT2D eigenvalue weighted by molar-refractivity contribution is 7.89. The van der Waals surface area contributed by atoms with Crippen LogP contribution in [0.3, 0.4) is 0 Å². The minimum absolute atomic E-state index is 0.0376. The number of sulfonamides is 1. The first-order valence-corrected chi connectivity index (χ1v) is 7.05. The molecule has 0 saturated carbocycles. The Balaban J connectivity index is 2.27. The van der Waals surface area contributed by atoms with Crippen LogP contribution in [0.2, 0.25) is 0 Å². The largest absolute Gasteiger partial charge is 0.360 e. The molecule has 2 aromatic heterocycles. The summed E-state index contributed by atoms with van der Waals surface area (Å²) in [5, 5.41) is 7.23. The molecule has 0 unspecified atom stereocenters. The van der Waals surface area contributed by atoms with Gasteiger partial charge in [0.1, 0.15) is 10.6 Å². The Kier molecular flexibility index (Phi) is 3.42. The van der Waals surface area contributed by atoms with Gasteiger partial charge in [-0.15, -0.1) is 0 Å². The molecule has 2 aromatic rings. The second kappa shape index (κ2) is 4.74. The van der Waals surface area contributed by atoms with E-state index in [1.54, 1.807) is 20.8 Å². The Morgan fingerprint density at radius 3 is 2.32 bits per heavy atom. The summed E-state index contributed by atoms with van der Waals surface area (Å²) >= 11 is 0. The van der Waals surface area contributed by atoms with Crippen molar-refractivity contribution in [3.8, 4) is 0 Å². The normalized spacial score (nSPS) is 13.7. The zero-order valence-corrected chi connectivity index (χ0v) is 11.8. The van der Waals surface area contributed by atoms with Crippen LogP contribution < -0.4 is 4.72 Å². The highest BCUT2D eigenvalue weighted by Gasteiger charge is 2.27. The van der Waals surface area contributed by atoms with E-state index in [1.165, 1.54) is 6.92 Å². The van der Waals surface area contributed by atoms with E-state index in [-0.39, 0.29) is 16.5 Å². The minimum Gasteiger partial charge on any atom is -0.360 e. The second-order valence-corrected chi connectivity index (χ2v) is 5.83. The highest BCUT2D eigenvalue weighted by Crippen LogP contribution is 2.21. The van der Waals surface area contributed by atoms with Gasteiger partial charge in [-0.1, -0.05) is 10.3 Å². The topological polar surface area (TPSA) is 111 Å². The van der Waals surface area contributed by atoms with Crippen molar-refractivity contribution < 1.29 is 17.5 Å². The molecule has 2 rings (SSSR count). The fourth-order valence-corrected chi connectivity index (χ4v) is 3.22. The Labute approximate surface area is 110 Å². The lowest BCUT2D eigenvalue weighted by Gasteiger charge is -2.09. The molecule has 0 aliphatic carbocycles. The zero-order chi connectivity index (χ0) is 14.2. The van der Waals surface area contributed by atoms with Gasteiger partial charge in [0, 0.05) is 0 Å². The Morgan fingerprint density at radius 1 is 1.16 bits per heavy atom. The molecule has 0 fully saturated rings. The van der Waals surface area contributed by atoms with Gasteiger partial charge in [-0.2, -0.15) is 9.71 Å². The van der Waals surface area contributed by atoms with Crippen LogP contribution in [0.25, 0.3) is 0 Å². The molecule has 0 aliphatic heterocycles. The van der Waals surface area contributed by atoms with Gasteiger partial charge in [-0.25, -0.2) is 8.42 Å². The maximum atomic E-state index is 12.2. The third-order valence-corrected chi connectivity index (χ3v) is 4.27. The van der Waals surface area contributed by atoms with Gasteiger partial charge >= 0.3 is 0 Å². The average Bonchev–Trinajstić information content (AvgIpc) is 2.85. The highest BCUT2D eigenvalue weighted by atomic mass is 32.2. The van der Waals surface area contributed by atoms with Gasteiger partial charge in [0.2, 0.25) is 15.9 Å². The molecular weight excluding hydrogens is 272 g/mol. The Morgan fingerprint density at radius 2 is 1.84 bits per heavy atom. The number of aryl methyl sites for hydroxylation is 3. The molecule has 8 nitrogen and oxygen atoms in total. The SMILES string of the molecule is Cc1noc([C@H](C)NS(=O)(=O)c2c(C)noc2C)n1. The van der Waals surface area contributed by atoms with Gasteiger partial charge in [-0.3, -0.25) is 0 Å². The molecule has 1 N–H and O–H groups in total. The number of nitrogens with one attached hydrogen (secondary N) is 1. The smallest absolute Gasteiger partial charge is 0.246 e. The van der Waals surface area contributed by atoms with Crippen molar-refractivity contribution in [2.24, 2.45) is 0 Å². The Bertz CT molecular complexity index is 669. The molecule has 19 heavy (non-hydrogen) atoms. The summed E-state index contributed by atoms with van der Waals surface area (Å²) in [7, 11) is -3.75. The molecule has 0 spiro atoms. The van der Waals surface area contributed by atoms with E-state index in [9.17, 15) is 8.42 Å². The summed E-state index contributed by atoms with van der Waals surface area (Å²) in [4.78, 5) is 4.01. The summed E-state index contributed by atoms with van der Waals surface area (Å²) < 4.78 is 36.7. The first-order valence-electron chi connectivity index (χ1n) is 5.56. The van der Waals surface area contributed by atoms with Gasteiger partial charge < -0.3 is 9.05 Å². The molecule has 0 bridgehead atoms. The number of hydrogen-bond donors (Lipinski definition) is 1. The number of rotatable bonds is 4. The van der Waals surface area contributed by atoms with E-state index < -0.39 is 16.1 Å². The molecule has 0 saturated heterocycles. The summed E-state index contributed by atoms with van der Waals surface area (Å²) in [6.45, 7) is 6.37. The van der Waals surface area contributed by atoms with Crippen molar-refractivity contribution in [3.63, 3.8) is 0 Å². The van der Waals surface area contributed by atoms with Crippen LogP contribution >= 0.6 is 0 Å². The molecule has 0 aromatic carbocycles. The zero-order valence-electron chi connectivity index (χ0n) is 11.0. The standard InChI is InChI=1S/C10H14N4O4S/c1-5-9(7(3)17-12-5)19(15,16)14-6(2)10-11-8(4)13-18-10/h6,14H,1-4H3/t6-/m0/s1. The van der Waals surface area contributed by atoms with Crippen LogP contribution in [0, 0.1) is 20.8 Å². The fraction of sp³-hybridized carbons (Fsp3) is 0.500. The number of nitrogens with zero attached hydrogens (tertiary/aromatic N) is 3. The lowest BCUT2D eigenvalue weighted by molar-refractivity contribution is 0.350. The predicted octanol–water partition coefficient (Wildman–Crippen LogP) is 1.02. The third kappa shape index (κ3) is 2.66. The van der Waals surface area contributed by atoms with Crippen molar-refractivity contribution in [3.05, 3.63) is 23.2 Å². The van der Waals surface area contributed by atoms with Crippen molar-refractivity contribution in [2.45, 2.75) is 38.6 Å². The van der Waals surface area contributed by atoms with Gasteiger partial charge in [0.05, 0.1) is 6.04 Å². The summed E-state index contributed by atoms with van der Waals surface area (Å²) in [5.41, 5.74) is 0.305. The van der Waals surface area contributed by atoms with E-state index in [0.717, 1.165) is 0 Å². The molecular formula is C10H14N4O4S. The number of aromatic nitrogens is 3. The van der Waals surface area contributed by atoms with E-state index >= 15 is 0 Å². The van der Waals surface area contributed by atoms with Crippen molar-refractivity contribution >= 4 is 10.0 Å². The first-order chi connectivity index (χ1) is 8.81. The van der Waals surface area contributed by atoms with Gasteiger partial charge in [-0.05, 0) is 27.7 Å². The minimum atomic E-state index is -3.75. The van der Waals surface area contributed by atoms with Crippen molar-refractivity contribution in [1.29, 1.82) is 0 Å². The number of hydrogen-bond acceptors (Lipinski definition) is 7. The third-order valence-electron chi connectivity index (χ3n) is 2.48. The second-order valence-electron chi connectivity index (χ2n) is 4.18. The van der Waals surface area contributed by atoms with E-state index in [0.29, 0.717) is 11.5 Å². The quantitative estimate of drug-likeness (QED) is 0.893. The Hall–Kier alpha value is -1.74. The lowest BCUT2D eigenvalue weighted by atomic mass is 10.4. The summed E-state index contributed by atoms with van der Waals surface area (Å²) in [6, 6.07) is -0.639. The monoisotopic (exact) mass is 286 g/mol. The van der Waals surface area contributed by atoms with E-state index in [2.05, 4.69) is 20.0 Å². The van der Waals surface area contributed by atoms with Gasteiger partial charge in [0.15, 0.2) is 11.6 Å². The summed E-state index contributed by atoms with van der Waals surface area (Å²) in [6.07, 6.45) is 0. The summed E-state index contributed by atoms with van der Waals surface area (Å²) in [5.74, 6) is 0.880. The first kappa shape index (κ1) is 13.7. The molecule has 0 radical (unpaired) electrons. The molecule has 1 atom stereocenters. The van der Waals surface area contributed by atoms with Crippen molar-refractivity contribution in [2.75, 3.05) is 0 Å². The maximum Gasteiger partial charge on any atom is 0.246 e. The van der Waals surface area contributed by atoms with Crippen LogP contribution in [-0.4, -0.2) is 23.7 Å². The van der Waals surface area contributed by atoms with Crippen molar-refractivity contribution in [1.82, 2.24) is 20.0 Å². The van der Waals surface area contributed by atoms with Crippen LogP contribution in [0.15, 0.2) is 13.9 Å². The maximum absolute atomic E-state index is 12.2. The fourth-order valence-electron chi connectivity index (χ4n) is 1.69. The van der Waals surface area contributed by atoms with E-state index in [1.807, 2.05) is 0 Å². The molecule has 104 valence electrons. The van der Waals surface area contributed by atoms with Crippen LogP contribution in [0.4, 0.5) is 0 Å². The average molecular weight is 286 g/mol. The van der Waals surface area contributed by atoms with Crippen LogP contribution in [0.5, 0.6) is 0 Å². The molecule has 2 heterocycles. The molecule has 0 aliphatic rings. The van der Waals surface area contributed by atoms with E-state index in [4.69, 9.17) is 9.05 Å². The van der Waals surface area contributed by atoms with Gasteiger partial charge in [0.25, 0.3) is 0 Å². The lowest BCUT2D eigenvalue weighted by Crippen LogP contribution is -2.27. The predicted molar refractivity (Wildman–Crippen MR) is 63.7 cm³/mol.